The SMILES string of the molecule is CC=Cc1cccc2c1CC2. The first-order valence-electron chi connectivity index (χ1n) is 4.15. The molecule has 0 saturated carbocycles. The maximum absolute atomic E-state index is 2.23. The van der Waals surface area contributed by atoms with Gasteiger partial charge in [0.05, 0.1) is 0 Å². The summed E-state index contributed by atoms with van der Waals surface area (Å²) < 4.78 is 0. The molecule has 0 nitrogen and oxygen atoms in total. The monoisotopic (exact) mass is 144 g/mol. The quantitative estimate of drug-likeness (QED) is 0.568. The Morgan fingerprint density at radius 3 is 2.82 bits per heavy atom. The molecule has 1 aromatic rings. The first kappa shape index (κ1) is 6.66. The van der Waals surface area contributed by atoms with Gasteiger partial charge in [-0.3, -0.25) is 0 Å². The molecule has 0 N–H and O–H groups in total. The molecule has 0 saturated heterocycles. The molecule has 0 amide bonds. The predicted octanol–water partition coefficient (Wildman–Crippen LogP) is 2.82. The van der Waals surface area contributed by atoms with E-state index in [2.05, 4.69) is 37.3 Å². The lowest BCUT2D eigenvalue weighted by Crippen LogP contribution is -2.09. The number of rotatable bonds is 1. The van der Waals surface area contributed by atoms with Gasteiger partial charge in [0, 0.05) is 0 Å². The molecule has 11 heavy (non-hydrogen) atoms. The number of allylic oxidation sites excluding steroid dienone is 1. The number of benzene rings is 1. The van der Waals surface area contributed by atoms with E-state index >= 15 is 0 Å². The normalized spacial score (nSPS) is 14.6. The summed E-state index contributed by atoms with van der Waals surface area (Å²) >= 11 is 0. The van der Waals surface area contributed by atoms with E-state index in [1.165, 1.54) is 18.4 Å². The van der Waals surface area contributed by atoms with Crippen molar-refractivity contribution < 1.29 is 0 Å². The van der Waals surface area contributed by atoms with Crippen molar-refractivity contribution in [2.45, 2.75) is 19.8 Å². The maximum atomic E-state index is 2.23. The fraction of sp³-hybridized carbons (Fsp3) is 0.273. The molecular formula is C11H12. The lowest BCUT2D eigenvalue weighted by atomic mass is 9.85. The van der Waals surface area contributed by atoms with Gasteiger partial charge in [-0.15, -0.1) is 0 Å². The molecule has 0 radical (unpaired) electrons. The summed E-state index contributed by atoms with van der Waals surface area (Å²) in [5, 5.41) is 0. The Labute approximate surface area is 67.6 Å². The third-order valence-corrected chi connectivity index (χ3v) is 2.30. The molecular weight excluding hydrogens is 132 g/mol. The lowest BCUT2D eigenvalue weighted by molar-refractivity contribution is 0.836. The van der Waals surface area contributed by atoms with Crippen LogP contribution in [0.1, 0.15) is 23.6 Å². The Balaban J connectivity index is 2.48. The second kappa shape index (κ2) is 2.54. The van der Waals surface area contributed by atoms with E-state index in [1.807, 2.05) is 0 Å². The summed E-state index contributed by atoms with van der Waals surface area (Å²) in [5.74, 6) is 0. The molecule has 0 aromatic heterocycles. The minimum Gasteiger partial charge on any atom is -0.0871 e. The van der Waals surface area contributed by atoms with Crippen LogP contribution in [-0.4, -0.2) is 0 Å². The van der Waals surface area contributed by atoms with Crippen molar-refractivity contribution >= 4 is 6.08 Å². The van der Waals surface area contributed by atoms with Crippen LogP contribution in [0, 0.1) is 0 Å². The van der Waals surface area contributed by atoms with Crippen molar-refractivity contribution in [3.05, 3.63) is 41.0 Å². The average Bonchev–Trinajstić information content (AvgIpc) is 1.94. The van der Waals surface area contributed by atoms with Crippen molar-refractivity contribution in [3.8, 4) is 0 Å². The third-order valence-electron chi connectivity index (χ3n) is 2.30. The molecule has 0 bridgehead atoms. The van der Waals surface area contributed by atoms with Gasteiger partial charge in [0.1, 0.15) is 0 Å². The minimum absolute atomic E-state index is 1.27. The fourth-order valence-electron chi connectivity index (χ4n) is 1.61. The number of aryl methyl sites for hydroxylation is 1. The zero-order valence-corrected chi connectivity index (χ0v) is 6.80. The third kappa shape index (κ3) is 0.988. The van der Waals surface area contributed by atoms with Gasteiger partial charge in [-0.05, 0) is 36.5 Å². The van der Waals surface area contributed by atoms with E-state index in [0.29, 0.717) is 0 Å². The summed E-state index contributed by atoms with van der Waals surface area (Å²) in [6, 6.07) is 6.57. The standard InChI is InChI=1S/C11H12/c1-2-4-9-5-3-6-10-7-8-11(9)10/h2-6H,7-8H2,1H3. The van der Waals surface area contributed by atoms with Crippen molar-refractivity contribution in [1.29, 1.82) is 0 Å². The minimum atomic E-state index is 1.27. The van der Waals surface area contributed by atoms with Gasteiger partial charge in [-0.2, -0.15) is 0 Å². The zero-order chi connectivity index (χ0) is 7.68. The second-order valence-corrected chi connectivity index (χ2v) is 2.98. The largest absolute Gasteiger partial charge is 0.0871 e. The van der Waals surface area contributed by atoms with Crippen molar-refractivity contribution in [2.24, 2.45) is 0 Å². The summed E-state index contributed by atoms with van der Waals surface area (Å²) in [6.45, 7) is 2.07. The smallest absolute Gasteiger partial charge is 0.0225 e. The van der Waals surface area contributed by atoms with Crippen molar-refractivity contribution in [1.82, 2.24) is 0 Å². The zero-order valence-electron chi connectivity index (χ0n) is 6.80. The van der Waals surface area contributed by atoms with E-state index in [-0.39, 0.29) is 0 Å². The van der Waals surface area contributed by atoms with Gasteiger partial charge in [0.15, 0.2) is 0 Å². The van der Waals surface area contributed by atoms with E-state index in [1.54, 1.807) is 11.1 Å². The highest BCUT2D eigenvalue weighted by Crippen LogP contribution is 2.26. The number of hydrogen-bond acceptors (Lipinski definition) is 0. The Morgan fingerprint density at radius 1 is 1.27 bits per heavy atom. The Kier molecular flexibility index (Phi) is 1.54. The van der Waals surface area contributed by atoms with Crippen LogP contribution in [0.25, 0.3) is 6.08 Å². The molecule has 0 heteroatoms. The van der Waals surface area contributed by atoms with E-state index in [9.17, 15) is 0 Å². The van der Waals surface area contributed by atoms with Gasteiger partial charge in [-0.1, -0.05) is 30.4 Å². The van der Waals surface area contributed by atoms with Gasteiger partial charge in [0.2, 0.25) is 0 Å². The summed E-state index contributed by atoms with van der Waals surface area (Å²) in [5.41, 5.74) is 4.52. The van der Waals surface area contributed by atoms with E-state index in [0.717, 1.165) is 0 Å². The van der Waals surface area contributed by atoms with Crippen LogP contribution in [0.5, 0.6) is 0 Å². The predicted molar refractivity (Wildman–Crippen MR) is 48.6 cm³/mol. The molecule has 1 aliphatic carbocycles. The van der Waals surface area contributed by atoms with Crippen molar-refractivity contribution in [3.63, 3.8) is 0 Å². The van der Waals surface area contributed by atoms with E-state index < -0.39 is 0 Å². The van der Waals surface area contributed by atoms with Crippen molar-refractivity contribution in [2.75, 3.05) is 0 Å². The highest BCUT2D eigenvalue weighted by Gasteiger charge is 2.14. The number of hydrogen-bond donors (Lipinski definition) is 0. The van der Waals surface area contributed by atoms with Gasteiger partial charge < -0.3 is 0 Å². The first-order valence-corrected chi connectivity index (χ1v) is 4.15. The van der Waals surface area contributed by atoms with Gasteiger partial charge in [0.25, 0.3) is 0 Å². The maximum Gasteiger partial charge on any atom is -0.0225 e. The fourth-order valence-corrected chi connectivity index (χ4v) is 1.61. The molecule has 0 spiro atoms. The van der Waals surface area contributed by atoms with Crippen LogP contribution >= 0.6 is 0 Å². The highest BCUT2D eigenvalue weighted by molar-refractivity contribution is 5.58. The Hall–Kier alpha value is -1.04. The Morgan fingerprint density at radius 2 is 2.18 bits per heavy atom. The van der Waals surface area contributed by atoms with Crippen LogP contribution < -0.4 is 0 Å². The van der Waals surface area contributed by atoms with Gasteiger partial charge in [-0.25, -0.2) is 0 Å². The van der Waals surface area contributed by atoms with E-state index in [4.69, 9.17) is 0 Å². The molecule has 1 aromatic carbocycles. The summed E-state index contributed by atoms with van der Waals surface area (Å²) in [6.07, 6.45) is 6.85. The molecule has 2 rings (SSSR count). The molecule has 0 heterocycles. The Bertz CT molecular complexity index is 295. The first-order chi connectivity index (χ1) is 5.42. The lowest BCUT2D eigenvalue weighted by Gasteiger charge is -2.20. The van der Waals surface area contributed by atoms with Crippen LogP contribution in [-0.2, 0) is 12.8 Å². The van der Waals surface area contributed by atoms with Gasteiger partial charge >= 0.3 is 0 Å². The molecule has 0 unspecified atom stereocenters. The second-order valence-electron chi connectivity index (χ2n) is 2.98. The molecule has 0 atom stereocenters. The highest BCUT2D eigenvalue weighted by atomic mass is 14.2. The van der Waals surface area contributed by atoms with Crippen LogP contribution in [0.15, 0.2) is 24.3 Å². The molecule has 56 valence electrons. The molecule has 0 fully saturated rings. The summed E-state index contributed by atoms with van der Waals surface area (Å²) in [4.78, 5) is 0. The van der Waals surface area contributed by atoms with Crippen LogP contribution in [0.4, 0.5) is 0 Å². The molecule has 1 aliphatic rings. The number of fused-ring (bicyclic) bond motifs is 1. The topological polar surface area (TPSA) is 0 Å². The molecule has 0 aliphatic heterocycles. The van der Waals surface area contributed by atoms with Crippen LogP contribution in [0.2, 0.25) is 0 Å². The van der Waals surface area contributed by atoms with Crippen LogP contribution in [0.3, 0.4) is 0 Å². The average molecular weight is 144 g/mol. The summed E-state index contributed by atoms with van der Waals surface area (Å²) in [7, 11) is 0.